The lowest BCUT2D eigenvalue weighted by Crippen LogP contribution is -2.57. The first kappa shape index (κ1) is 20.8. The molecule has 0 amide bonds. The third kappa shape index (κ3) is 4.58. The molecule has 0 aromatic carbocycles. The van der Waals surface area contributed by atoms with Gasteiger partial charge in [-0.05, 0) is 58.4 Å². The summed E-state index contributed by atoms with van der Waals surface area (Å²) in [6.07, 6.45) is 6.85. The van der Waals surface area contributed by atoms with Crippen LogP contribution < -0.4 is 5.32 Å². The van der Waals surface area contributed by atoms with Crippen LogP contribution in [0, 0.1) is 12.8 Å². The van der Waals surface area contributed by atoms with E-state index in [4.69, 9.17) is 4.99 Å². The highest BCUT2D eigenvalue weighted by atomic mass is 127. The summed E-state index contributed by atoms with van der Waals surface area (Å²) < 4.78 is 2.02. The van der Waals surface area contributed by atoms with Gasteiger partial charge in [0.25, 0.3) is 0 Å². The first-order valence-corrected chi connectivity index (χ1v) is 10.3. The Morgan fingerprint density at radius 1 is 1.19 bits per heavy atom. The Hall–Kier alpha value is -0.900. The molecule has 3 fully saturated rings. The van der Waals surface area contributed by atoms with Gasteiger partial charge in [0.15, 0.2) is 11.8 Å². The second-order valence-electron chi connectivity index (χ2n) is 8.07. The average Bonchev–Trinajstić information content (AvgIpc) is 3.45. The summed E-state index contributed by atoms with van der Waals surface area (Å²) in [5.74, 6) is 3.68. The minimum Gasteiger partial charge on any atom is -0.357 e. The van der Waals surface area contributed by atoms with Gasteiger partial charge in [-0.2, -0.15) is 0 Å². The molecule has 0 radical (unpaired) electrons. The predicted molar refractivity (Wildman–Crippen MR) is 118 cm³/mol. The fourth-order valence-electron chi connectivity index (χ4n) is 4.65. The van der Waals surface area contributed by atoms with E-state index < -0.39 is 0 Å². The number of nitrogens with zero attached hydrogens (tertiary/aromatic N) is 6. The predicted octanol–water partition coefficient (Wildman–Crippen LogP) is 2.16. The van der Waals surface area contributed by atoms with Gasteiger partial charge in [0.05, 0.1) is 0 Å². The smallest absolute Gasteiger partial charge is 0.194 e. The quantitative estimate of drug-likeness (QED) is 0.401. The number of aromatic nitrogens is 3. The molecule has 152 valence electrons. The van der Waals surface area contributed by atoms with Crippen LogP contribution >= 0.6 is 24.0 Å². The number of aryl methyl sites for hydroxylation is 1. The summed E-state index contributed by atoms with van der Waals surface area (Å²) in [6, 6.07) is 1.70. The number of hydrogen-bond acceptors (Lipinski definition) is 4. The molecule has 0 spiro atoms. The van der Waals surface area contributed by atoms with Crippen LogP contribution in [0.25, 0.3) is 0 Å². The number of halogens is 1. The number of likely N-dealkylation sites (tertiary alicyclic amines) is 2. The average molecular weight is 487 g/mol. The Morgan fingerprint density at radius 3 is 2.67 bits per heavy atom. The van der Waals surface area contributed by atoms with E-state index in [0.29, 0.717) is 6.54 Å². The monoisotopic (exact) mass is 487 g/mol. The van der Waals surface area contributed by atoms with Crippen LogP contribution in [-0.4, -0.2) is 68.8 Å². The summed E-state index contributed by atoms with van der Waals surface area (Å²) in [7, 11) is 2.01. The van der Waals surface area contributed by atoms with E-state index >= 15 is 0 Å². The van der Waals surface area contributed by atoms with E-state index in [0.717, 1.165) is 55.2 Å². The van der Waals surface area contributed by atoms with Crippen LogP contribution in [0.15, 0.2) is 4.99 Å². The van der Waals surface area contributed by atoms with Crippen molar-refractivity contribution in [3.63, 3.8) is 0 Å². The van der Waals surface area contributed by atoms with Gasteiger partial charge >= 0.3 is 0 Å². The zero-order valence-corrected chi connectivity index (χ0v) is 19.2. The van der Waals surface area contributed by atoms with Crippen molar-refractivity contribution in [3.05, 3.63) is 11.6 Å². The van der Waals surface area contributed by atoms with Crippen molar-refractivity contribution in [2.75, 3.05) is 26.2 Å². The number of piperidine rings is 2. The lowest BCUT2D eigenvalue weighted by Gasteiger charge is -2.48. The van der Waals surface area contributed by atoms with Gasteiger partial charge in [0, 0.05) is 38.8 Å². The van der Waals surface area contributed by atoms with Crippen LogP contribution in [-0.2, 0) is 13.6 Å². The molecule has 1 N–H and O–H groups in total. The van der Waals surface area contributed by atoms with Crippen LogP contribution in [0.4, 0.5) is 0 Å². The van der Waals surface area contributed by atoms with E-state index in [-0.39, 0.29) is 24.0 Å². The molecule has 4 rings (SSSR count). The van der Waals surface area contributed by atoms with Gasteiger partial charge < -0.3 is 14.8 Å². The minimum atomic E-state index is 0. The number of nitrogens with one attached hydrogen (secondary N) is 1. The molecule has 1 saturated carbocycles. The van der Waals surface area contributed by atoms with Gasteiger partial charge in [0.2, 0.25) is 0 Å². The van der Waals surface area contributed by atoms with Gasteiger partial charge in [-0.1, -0.05) is 0 Å². The SMILES string of the molecule is CCNC(=NCc1nnc(C)n1C)N1CCC2C(CCCN2C2CC2)C1.I. The van der Waals surface area contributed by atoms with Crippen molar-refractivity contribution >= 4 is 29.9 Å². The highest BCUT2D eigenvalue weighted by molar-refractivity contribution is 14.0. The lowest BCUT2D eigenvalue weighted by atomic mass is 9.83. The third-order valence-electron chi connectivity index (χ3n) is 6.31. The highest BCUT2D eigenvalue weighted by Crippen LogP contribution is 2.38. The molecule has 3 heterocycles. The molecule has 2 atom stereocenters. The van der Waals surface area contributed by atoms with E-state index in [9.17, 15) is 0 Å². The summed E-state index contributed by atoms with van der Waals surface area (Å²) in [5.41, 5.74) is 0. The number of fused-ring (bicyclic) bond motifs is 1. The number of aliphatic imine (C=N–C) groups is 1. The summed E-state index contributed by atoms with van der Waals surface area (Å²) >= 11 is 0. The Kier molecular flexibility index (Phi) is 6.99. The van der Waals surface area contributed by atoms with Crippen molar-refractivity contribution in [2.24, 2.45) is 18.0 Å². The van der Waals surface area contributed by atoms with E-state index in [1.54, 1.807) is 0 Å². The van der Waals surface area contributed by atoms with Gasteiger partial charge in [0.1, 0.15) is 12.4 Å². The van der Waals surface area contributed by atoms with Crippen molar-refractivity contribution in [1.29, 1.82) is 0 Å². The first-order valence-electron chi connectivity index (χ1n) is 10.3. The zero-order chi connectivity index (χ0) is 18.1. The molecule has 0 bridgehead atoms. The Morgan fingerprint density at radius 2 is 2.00 bits per heavy atom. The maximum absolute atomic E-state index is 4.88. The van der Waals surface area contributed by atoms with E-state index in [2.05, 4.69) is 32.2 Å². The third-order valence-corrected chi connectivity index (χ3v) is 6.31. The number of hydrogen-bond donors (Lipinski definition) is 1. The fraction of sp³-hybridized carbons (Fsp3) is 0.842. The second-order valence-corrected chi connectivity index (χ2v) is 8.07. The second kappa shape index (κ2) is 9.07. The van der Waals surface area contributed by atoms with Gasteiger partial charge in [-0.25, -0.2) is 4.99 Å². The Balaban J connectivity index is 0.00000210. The van der Waals surface area contributed by atoms with E-state index in [1.165, 1.54) is 38.6 Å². The first-order chi connectivity index (χ1) is 12.7. The van der Waals surface area contributed by atoms with Crippen molar-refractivity contribution in [3.8, 4) is 0 Å². The lowest BCUT2D eigenvalue weighted by molar-refractivity contribution is 0.0370. The molecule has 8 heteroatoms. The molecular formula is C19H34IN7. The zero-order valence-electron chi connectivity index (χ0n) is 16.9. The molecule has 2 saturated heterocycles. The molecule has 3 aliphatic rings. The maximum atomic E-state index is 4.88. The highest BCUT2D eigenvalue weighted by Gasteiger charge is 2.42. The van der Waals surface area contributed by atoms with Crippen LogP contribution in [0.1, 0.15) is 50.7 Å². The normalized spacial score (nSPS) is 26.5. The molecule has 1 aromatic heterocycles. The standard InChI is InChI=1S/C19H33N7.HI/c1-4-20-19(21-12-18-23-22-14(2)24(18)3)25-11-9-17-15(13-25)6-5-10-26(17)16-7-8-16;/h15-17H,4-13H2,1-3H3,(H,20,21);1H. The molecular weight excluding hydrogens is 453 g/mol. The Bertz CT molecular complexity index is 654. The number of guanidine groups is 1. The molecule has 2 aliphatic heterocycles. The number of rotatable bonds is 4. The van der Waals surface area contributed by atoms with Crippen LogP contribution in [0.2, 0.25) is 0 Å². The minimum absolute atomic E-state index is 0. The summed E-state index contributed by atoms with van der Waals surface area (Å²) in [5, 5.41) is 11.9. The van der Waals surface area contributed by atoms with Crippen molar-refractivity contribution < 1.29 is 0 Å². The molecule has 7 nitrogen and oxygen atoms in total. The topological polar surface area (TPSA) is 61.6 Å². The van der Waals surface area contributed by atoms with Gasteiger partial charge in [-0.15, -0.1) is 34.2 Å². The van der Waals surface area contributed by atoms with Gasteiger partial charge in [-0.3, -0.25) is 4.90 Å². The van der Waals surface area contributed by atoms with Crippen molar-refractivity contribution in [1.82, 2.24) is 29.9 Å². The largest absolute Gasteiger partial charge is 0.357 e. The molecule has 27 heavy (non-hydrogen) atoms. The molecule has 1 aromatic rings. The molecule has 2 unspecified atom stereocenters. The van der Waals surface area contributed by atoms with E-state index in [1.807, 2.05) is 18.5 Å². The summed E-state index contributed by atoms with van der Waals surface area (Å²) in [6.45, 7) is 9.17. The fourth-order valence-corrected chi connectivity index (χ4v) is 4.65. The summed E-state index contributed by atoms with van der Waals surface area (Å²) in [4.78, 5) is 10.2. The van der Waals surface area contributed by atoms with Crippen LogP contribution in [0.5, 0.6) is 0 Å². The van der Waals surface area contributed by atoms with Crippen LogP contribution in [0.3, 0.4) is 0 Å². The Labute approximate surface area is 180 Å². The molecule has 1 aliphatic carbocycles. The van der Waals surface area contributed by atoms with Crippen molar-refractivity contribution in [2.45, 2.75) is 64.6 Å². The maximum Gasteiger partial charge on any atom is 0.194 e.